The number of rotatable bonds is 4. The number of thiocarbonyl (C=S) groups is 1. The van der Waals surface area contributed by atoms with Crippen molar-refractivity contribution < 1.29 is 14.6 Å². The van der Waals surface area contributed by atoms with Gasteiger partial charge in [-0.05, 0) is 41.0 Å². The van der Waals surface area contributed by atoms with Gasteiger partial charge in [-0.3, -0.25) is 0 Å². The number of nitrogens with two attached hydrogens (primary N) is 1. The summed E-state index contributed by atoms with van der Waals surface area (Å²) in [5.74, 6) is -0.465. The van der Waals surface area contributed by atoms with Gasteiger partial charge in [-0.1, -0.05) is 54.7 Å². The van der Waals surface area contributed by atoms with E-state index in [1.165, 1.54) is 7.11 Å². The number of benzene rings is 3. The second kappa shape index (κ2) is 7.37. The molecule has 0 bridgehead atoms. The van der Waals surface area contributed by atoms with E-state index < -0.39 is 5.97 Å². The summed E-state index contributed by atoms with van der Waals surface area (Å²) in [5.41, 5.74) is 9.70. The van der Waals surface area contributed by atoms with E-state index in [0.717, 1.165) is 11.1 Å². The van der Waals surface area contributed by atoms with Gasteiger partial charge in [0.1, 0.15) is 5.75 Å². The third-order valence-electron chi connectivity index (χ3n) is 4.06. The zero-order valence-electron chi connectivity index (χ0n) is 14.1. The van der Waals surface area contributed by atoms with Crippen LogP contribution >= 0.6 is 12.2 Å². The van der Waals surface area contributed by atoms with Gasteiger partial charge in [0, 0.05) is 5.56 Å². The van der Waals surface area contributed by atoms with E-state index in [4.69, 9.17) is 22.7 Å². The zero-order chi connectivity index (χ0) is 18.7. The predicted octanol–water partition coefficient (Wildman–Crippen LogP) is 4.19. The topological polar surface area (TPSA) is 72.5 Å². The quantitative estimate of drug-likeness (QED) is 0.239. The van der Waals surface area contributed by atoms with Crippen LogP contribution in [0.1, 0.15) is 21.5 Å². The summed E-state index contributed by atoms with van der Waals surface area (Å²) in [6.07, 6.45) is 0. The molecule has 0 amide bonds. The summed E-state index contributed by atoms with van der Waals surface area (Å²) < 4.78 is 4.69. The Morgan fingerprint density at radius 2 is 1.58 bits per heavy atom. The van der Waals surface area contributed by atoms with Crippen LogP contribution in [-0.2, 0) is 4.74 Å². The van der Waals surface area contributed by atoms with Gasteiger partial charge >= 0.3 is 5.97 Å². The molecule has 4 nitrogen and oxygen atoms in total. The Bertz CT molecular complexity index is 967. The molecule has 3 aromatic rings. The molecule has 26 heavy (non-hydrogen) atoms. The van der Waals surface area contributed by atoms with Crippen molar-refractivity contribution in [2.75, 3.05) is 12.8 Å². The fraction of sp³-hybridized carbons (Fsp3) is 0.0476. The van der Waals surface area contributed by atoms with Gasteiger partial charge in [-0.2, -0.15) is 0 Å². The minimum Gasteiger partial charge on any atom is -0.505 e. The molecule has 5 heteroatoms. The molecule has 3 rings (SSSR count). The number of esters is 1. The van der Waals surface area contributed by atoms with Crippen LogP contribution in [0.25, 0.3) is 11.1 Å². The van der Waals surface area contributed by atoms with Gasteiger partial charge in [0.25, 0.3) is 0 Å². The van der Waals surface area contributed by atoms with Crippen molar-refractivity contribution in [1.29, 1.82) is 0 Å². The van der Waals surface area contributed by atoms with Crippen molar-refractivity contribution in [1.82, 2.24) is 0 Å². The number of hydrogen-bond acceptors (Lipinski definition) is 5. The summed E-state index contributed by atoms with van der Waals surface area (Å²) in [7, 11) is 1.33. The lowest BCUT2D eigenvalue weighted by Crippen LogP contribution is -2.05. The van der Waals surface area contributed by atoms with Gasteiger partial charge in [0.05, 0.1) is 23.2 Å². The van der Waals surface area contributed by atoms with Gasteiger partial charge in [0.15, 0.2) is 0 Å². The van der Waals surface area contributed by atoms with Crippen molar-refractivity contribution >= 4 is 28.7 Å². The maximum atomic E-state index is 11.6. The molecule has 0 aliphatic heterocycles. The Morgan fingerprint density at radius 1 is 0.962 bits per heavy atom. The normalized spacial score (nSPS) is 10.3. The van der Waals surface area contributed by atoms with E-state index in [1.807, 2.05) is 36.4 Å². The highest BCUT2D eigenvalue weighted by atomic mass is 32.1. The molecule has 0 saturated heterocycles. The molecule has 0 fully saturated rings. The first-order valence-corrected chi connectivity index (χ1v) is 8.33. The molecule has 0 heterocycles. The fourth-order valence-corrected chi connectivity index (χ4v) is 2.95. The number of phenols is 1. The molecule has 0 aliphatic rings. The number of ether oxygens (including phenoxy) is 1. The molecule has 0 radical (unpaired) electrons. The Morgan fingerprint density at radius 3 is 2.19 bits per heavy atom. The van der Waals surface area contributed by atoms with Crippen LogP contribution in [0.5, 0.6) is 5.75 Å². The smallest absolute Gasteiger partial charge is 0.337 e. The molecule has 0 aromatic heterocycles. The Balaban J connectivity index is 2.01. The third-order valence-corrected chi connectivity index (χ3v) is 4.51. The SMILES string of the molecule is COC(=O)c1ccc(C(=S)c2cc(-c3ccccc3)cc(N)c2O)cc1. The molecular formula is C21H17NO3S. The molecule has 130 valence electrons. The number of carbonyl (C=O) groups is 1. The average Bonchev–Trinajstić information content (AvgIpc) is 2.69. The first-order chi connectivity index (χ1) is 12.5. The molecule has 0 saturated carbocycles. The lowest BCUT2D eigenvalue weighted by Gasteiger charge is -2.12. The summed E-state index contributed by atoms with van der Waals surface area (Å²) in [5, 5.41) is 10.4. The van der Waals surface area contributed by atoms with Gasteiger partial charge in [-0.15, -0.1) is 0 Å². The van der Waals surface area contributed by atoms with E-state index in [2.05, 4.69) is 0 Å². The zero-order valence-corrected chi connectivity index (χ0v) is 14.9. The number of anilines is 1. The van der Waals surface area contributed by atoms with Crippen LogP contribution < -0.4 is 5.73 Å². The number of hydrogen-bond donors (Lipinski definition) is 2. The average molecular weight is 363 g/mol. The van der Waals surface area contributed by atoms with E-state index in [9.17, 15) is 9.90 Å². The number of methoxy groups -OCH3 is 1. The molecule has 0 atom stereocenters. The van der Waals surface area contributed by atoms with Crippen LogP contribution in [-0.4, -0.2) is 23.1 Å². The largest absolute Gasteiger partial charge is 0.505 e. The van der Waals surface area contributed by atoms with Gasteiger partial charge in [-0.25, -0.2) is 4.79 Å². The van der Waals surface area contributed by atoms with Crippen LogP contribution in [0.4, 0.5) is 5.69 Å². The first-order valence-electron chi connectivity index (χ1n) is 7.92. The molecule has 0 aliphatic carbocycles. The van der Waals surface area contributed by atoms with Crippen molar-refractivity contribution in [2.45, 2.75) is 0 Å². The van der Waals surface area contributed by atoms with E-state index >= 15 is 0 Å². The highest BCUT2D eigenvalue weighted by Gasteiger charge is 2.15. The van der Waals surface area contributed by atoms with Crippen LogP contribution in [0.15, 0.2) is 66.7 Å². The van der Waals surface area contributed by atoms with Crippen molar-refractivity contribution in [3.63, 3.8) is 0 Å². The van der Waals surface area contributed by atoms with Crippen molar-refractivity contribution in [2.24, 2.45) is 0 Å². The number of carbonyl (C=O) groups excluding carboxylic acids is 1. The Labute approximate surface area is 156 Å². The number of phenolic OH excluding ortho intramolecular Hbond substituents is 1. The molecule has 0 unspecified atom stereocenters. The summed E-state index contributed by atoms with van der Waals surface area (Å²) in [6.45, 7) is 0. The van der Waals surface area contributed by atoms with Gasteiger partial charge in [0.2, 0.25) is 0 Å². The van der Waals surface area contributed by atoms with Crippen molar-refractivity contribution in [3.8, 4) is 16.9 Å². The minimum absolute atomic E-state index is 0.0493. The monoisotopic (exact) mass is 363 g/mol. The summed E-state index contributed by atoms with van der Waals surface area (Å²) >= 11 is 5.55. The Kier molecular flexibility index (Phi) is 5.00. The third kappa shape index (κ3) is 3.43. The van der Waals surface area contributed by atoms with Crippen LogP contribution in [0, 0.1) is 0 Å². The van der Waals surface area contributed by atoms with Crippen LogP contribution in [0.3, 0.4) is 0 Å². The lowest BCUT2D eigenvalue weighted by atomic mass is 9.96. The van der Waals surface area contributed by atoms with Gasteiger partial charge < -0.3 is 15.6 Å². The second-order valence-corrected chi connectivity index (χ2v) is 6.13. The highest BCUT2D eigenvalue weighted by molar-refractivity contribution is 7.81. The lowest BCUT2D eigenvalue weighted by molar-refractivity contribution is 0.0600. The molecular weight excluding hydrogens is 346 g/mol. The predicted molar refractivity (Wildman–Crippen MR) is 107 cm³/mol. The maximum Gasteiger partial charge on any atom is 0.337 e. The number of nitrogen functional groups attached to an aromatic ring is 1. The standard InChI is InChI=1S/C21H17NO3S/c1-25-21(24)15-9-7-14(8-10-15)20(26)17-11-16(12-18(22)19(17)23)13-5-3-2-4-6-13/h2-12,23H,22H2,1H3. The van der Waals surface area contributed by atoms with E-state index in [0.29, 0.717) is 21.6 Å². The Hall–Kier alpha value is -3.18. The molecule has 3 aromatic carbocycles. The second-order valence-electron chi connectivity index (χ2n) is 5.73. The fourth-order valence-electron chi connectivity index (χ4n) is 2.66. The van der Waals surface area contributed by atoms with E-state index in [-0.39, 0.29) is 11.4 Å². The molecule has 3 N–H and O–H groups in total. The maximum absolute atomic E-state index is 11.6. The summed E-state index contributed by atoms with van der Waals surface area (Å²) in [4.78, 5) is 12.0. The van der Waals surface area contributed by atoms with Crippen LogP contribution in [0.2, 0.25) is 0 Å². The molecule has 0 spiro atoms. The van der Waals surface area contributed by atoms with Crippen molar-refractivity contribution in [3.05, 3.63) is 83.4 Å². The van der Waals surface area contributed by atoms with E-state index in [1.54, 1.807) is 30.3 Å². The summed E-state index contributed by atoms with van der Waals surface area (Å²) in [6, 6.07) is 20.0. The number of aromatic hydroxyl groups is 1. The highest BCUT2D eigenvalue weighted by Crippen LogP contribution is 2.33. The minimum atomic E-state index is -0.416. The first kappa shape index (κ1) is 17.6.